The zero-order valence-corrected chi connectivity index (χ0v) is 13.4. The van der Waals surface area contributed by atoms with Crippen molar-refractivity contribution in [2.75, 3.05) is 13.2 Å². The first kappa shape index (κ1) is 15.1. The number of nitrogens with zero attached hydrogens (tertiary/aromatic N) is 1. The number of carbonyl (C=O) groups excluding carboxylic acids is 1. The van der Waals surface area contributed by atoms with Gasteiger partial charge in [0.25, 0.3) is 0 Å². The average Bonchev–Trinajstić information content (AvgIpc) is 2.57. The van der Waals surface area contributed by atoms with Crippen LogP contribution in [0.1, 0.15) is 44.6 Å². The van der Waals surface area contributed by atoms with Gasteiger partial charge in [-0.2, -0.15) is 0 Å². The quantitative estimate of drug-likeness (QED) is 0.612. The normalized spacial score (nSPS) is 21.5. The van der Waals surface area contributed by atoms with Crippen LogP contribution in [0, 0.1) is 0 Å². The van der Waals surface area contributed by atoms with Gasteiger partial charge in [0, 0.05) is 6.54 Å². The topological polar surface area (TPSA) is 29.5 Å². The van der Waals surface area contributed by atoms with Crippen LogP contribution in [0.2, 0.25) is 0 Å². The first-order valence-electron chi connectivity index (χ1n) is 8.45. The van der Waals surface area contributed by atoms with E-state index in [2.05, 4.69) is 12.1 Å². The molecule has 1 heterocycles. The molecule has 0 spiro atoms. The van der Waals surface area contributed by atoms with Gasteiger partial charge in [0.1, 0.15) is 5.75 Å². The number of ether oxygens (including phenoxy) is 1. The standard InChI is InChI=1S/C19H25NO2/c1-2-22-17-9-7-15(8-10-17)13-19-18-6-4-3-5-16(18)11-12-20(19)14-21/h7-10,14,19H,2-6,11-13H2,1H3. The van der Waals surface area contributed by atoms with Crippen LogP contribution in [0.4, 0.5) is 0 Å². The van der Waals surface area contributed by atoms with Gasteiger partial charge in [0.2, 0.25) is 6.41 Å². The van der Waals surface area contributed by atoms with Gasteiger partial charge in [-0.25, -0.2) is 0 Å². The molecule has 0 bridgehead atoms. The van der Waals surface area contributed by atoms with Gasteiger partial charge in [0.05, 0.1) is 12.6 Å². The maximum atomic E-state index is 11.5. The molecule has 1 aliphatic carbocycles. The van der Waals surface area contributed by atoms with Crippen LogP contribution < -0.4 is 4.74 Å². The lowest BCUT2D eigenvalue weighted by atomic mass is 9.80. The minimum absolute atomic E-state index is 0.263. The first-order chi connectivity index (χ1) is 10.8. The van der Waals surface area contributed by atoms with E-state index in [0.29, 0.717) is 6.61 Å². The summed E-state index contributed by atoms with van der Waals surface area (Å²) in [5, 5.41) is 0. The van der Waals surface area contributed by atoms with Crippen LogP contribution in [0.3, 0.4) is 0 Å². The maximum Gasteiger partial charge on any atom is 0.210 e. The molecule has 118 valence electrons. The molecule has 0 aromatic heterocycles. The Morgan fingerprint density at radius 1 is 1.18 bits per heavy atom. The Balaban J connectivity index is 1.79. The van der Waals surface area contributed by atoms with Crippen LogP contribution in [-0.2, 0) is 11.2 Å². The first-order valence-corrected chi connectivity index (χ1v) is 8.45. The molecule has 1 aromatic carbocycles. The highest BCUT2D eigenvalue weighted by atomic mass is 16.5. The van der Waals surface area contributed by atoms with Gasteiger partial charge >= 0.3 is 0 Å². The zero-order valence-electron chi connectivity index (χ0n) is 13.4. The Hall–Kier alpha value is -1.77. The van der Waals surface area contributed by atoms with Crippen molar-refractivity contribution in [2.45, 2.75) is 51.5 Å². The molecule has 0 saturated heterocycles. The molecule has 0 fully saturated rings. The van der Waals surface area contributed by atoms with E-state index < -0.39 is 0 Å². The summed E-state index contributed by atoms with van der Waals surface area (Å²) in [4.78, 5) is 13.5. The Bertz CT molecular complexity index is 547. The molecule has 3 nitrogen and oxygen atoms in total. The van der Waals surface area contributed by atoms with Crippen molar-refractivity contribution in [3.05, 3.63) is 41.0 Å². The summed E-state index contributed by atoms with van der Waals surface area (Å²) in [5.41, 5.74) is 4.44. The van der Waals surface area contributed by atoms with Gasteiger partial charge in [-0.15, -0.1) is 0 Å². The molecule has 1 unspecified atom stereocenters. The fourth-order valence-electron chi connectivity index (χ4n) is 3.78. The lowest BCUT2D eigenvalue weighted by Crippen LogP contribution is -2.42. The van der Waals surface area contributed by atoms with Gasteiger partial charge in [-0.05, 0) is 68.7 Å². The second-order valence-corrected chi connectivity index (χ2v) is 6.23. The van der Waals surface area contributed by atoms with Crippen molar-refractivity contribution in [1.82, 2.24) is 4.90 Å². The molecular formula is C19H25NO2. The molecule has 1 amide bonds. The molecular weight excluding hydrogens is 274 g/mol. The van der Waals surface area contributed by atoms with Crippen LogP contribution >= 0.6 is 0 Å². The van der Waals surface area contributed by atoms with Crippen molar-refractivity contribution in [3.8, 4) is 5.75 Å². The van der Waals surface area contributed by atoms with E-state index in [9.17, 15) is 4.79 Å². The minimum atomic E-state index is 0.263. The summed E-state index contributed by atoms with van der Waals surface area (Å²) >= 11 is 0. The SMILES string of the molecule is CCOc1ccc(CC2C3=C(CCCC3)CCN2C=O)cc1. The van der Waals surface area contributed by atoms with Crippen LogP contribution in [0.5, 0.6) is 5.75 Å². The number of amides is 1. The smallest absolute Gasteiger partial charge is 0.210 e. The molecule has 1 atom stereocenters. The molecule has 2 aliphatic rings. The largest absolute Gasteiger partial charge is 0.494 e. The van der Waals surface area contributed by atoms with Gasteiger partial charge in [0.15, 0.2) is 0 Å². The van der Waals surface area contributed by atoms with Crippen LogP contribution in [0.15, 0.2) is 35.4 Å². The van der Waals surface area contributed by atoms with E-state index in [4.69, 9.17) is 4.74 Å². The van der Waals surface area contributed by atoms with Crippen LogP contribution in [-0.4, -0.2) is 30.5 Å². The summed E-state index contributed by atoms with van der Waals surface area (Å²) in [7, 11) is 0. The van der Waals surface area contributed by atoms with E-state index in [-0.39, 0.29) is 6.04 Å². The highest BCUT2D eigenvalue weighted by molar-refractivity contribution is 5.51. The highest BCUT2D eigenvalue weighted by Crippen LogP contribution is 2.35. The third-order valence-electron chi connectivity index (χ3n) is 4.90. The van der Waals surface area contributed by atoms with Gasteiger partial charge < -0.3 is 9.64 Å². The van der Waals surface area contributed by atoms with E-state index >= 15 is 0 Å². The molecule has 0 N–H and O–H groups in total. The number of hydrogen-bond donors (Lipinski definition) is 0. The number of hydrogen-bond acceptors (Lipinski definition) is 2. The van der Waals surface area contributed by atoms with E-state index in [1.165, 1.54) is 31.2 Å². The predicted octanol–water partition coefficient (Wildman–Crippen LogP) is 3.73. The third-order valence-corrected chi connectivity index (χ3v) is 4.90. The summed E-state index contributed by atoms with van der Waals surface area (Å²) in [6, 6.07) is 8.59. The monoisotopic (exact) mass is 299 g/mol. The van der Waals surface area contributed by atoms with Crippen molar-refractivity contribution in [2.24, 2.45) is 0 Å². The van der Waals surface area contributed by atoms with Crippen molar-refractivity contribution in [3.63, 3.8) is 0 Å². The Morgan fingerprint density at radius 2 is 1.95 bits per heavy atom. The molecule has 0 saturated carbocycles. The van der Waals surface area contributed by atoms with E-state index in [1.54, 1.807) is 11.1 Å². The van der Waals surface area contributed by atoms with Crippen molar-refractivity contribution >= 4 is 6.41 Å². The molecule has 0 radical (unpaired) electrons. The lowest BCUT2D eigenvalue weighted by Gasteiger charge is -2.39. The Labute approximate surface area is 133 Å². The van der Waals surface area contributed by atoms with Gasteiger partial charge in [-0.3, -0.25) is 4.79 Å². The average molecular weight is 299 g/mol. The maximum absolute atomic E-state index is 11.5. The Kier molecular flexibility index (Phi) is 4.81. The number of carbonyl (C=O) groups is 1. The summed E-state index contributed by atoms with van der Waals surface area (Å²) in [5.74, 6) is 0.916. The molecule has 1 aliphatic heterocycles. The third kappa shape index (κ3) is 3.18. The molecule has 3 heteroatoms. The number of rotatable bonds is 5. The summed E-state index contributed by atoms with van der Waals surface area (Å²) < 4.78 is 5.50. The van der Waals surface area contributed by atoms with E-state index in [0.717, 1.165) is 31.5 Å². The van der Waals surface area contributed by atoms with Crippen LogP contribution in [0.25, 0.3) is 0 Å². The number of benzene rings is 1. The van der Waals surface area contributed by atoms with Crippen molar-refractivity contribution in [1.29, 1.82) is 0 Å². The van der Waals surface area contributed by atoms with E-state index in [1.807, 2.05) is 24.0 Å². The highest BCUT2D eigenvalue weighted by Gasteiger charge is 2.29. The lowest BCUT2D eigenvalue weighted by molar-refractivity contribution is -0.119. The molecule has 22 heavy (non-hydrogen) atoms. The zero-order chi connectivity index (χ0) is 15.4. The fraction of sp³-hybridized carbons (Fsp3) is 0.526. The van der Waals surface area contributed by atoms with Gasteiger partial charge in [-0.1, -0.05) is 17.7 Å². The minimum Gasteiger partial charge on any atom is -0.494 e. The predicted molar refractivity (Wildman–Crippen MR) is 88.0 cm³/mol. The molecule has 1 aromatic rings. The second-order valence-electron chi connectivity index (χ2n) is 6.23. The summed E-state index contributed by atoms with van der Waals surface area (Å²) in [6.07, 6.45) is 8.03. The fourth-order valence-corrected chi connectivity index (χ4v) is 3.78. The Morgan fingerprint density at radius 3 is 2.68 bits per heavy atom. The van der Waals surface area contributed by atoms with Crippen molar-refractivity contribution < 1.29 is 9.53 Å². The second kappa shape index (κ2) is 6.99. The molecule has 3 rings (SSSR count). The summed E-state index contributed by atoms with van der Waals surface area (Å²) in [6.45, 7) is 3.57.